The van der Waals surface area contributed by atoms with E-state index in [4.69, 9.17) is 14.2 Å². The van der Waals surface area contributed by atoms with E-state index in [1.165, 1.54) is 0 Å². The molecule has 0 atom stereocenters. The lowest BCUT2D eigenvalue weighted by atomic mass is 9.95. The standard InChI is InChI=1S/C21H32N2O4/c1-25-19-13-18(14-20(15-19)26-2)3-4-21(24)23-7-5-17(6-8-23)16-22-9-11-27-12-10-22/h13-15,17H,3-12,16H2,1-2H3. The van der Waals surface area contributed by atoms with Gasteiger partial charge in [0.05, 0.1) is 27.4 Å². The average Bonchev–Trinajstić information content (AvgIpc) is 2.73. The third-order valence-corrected chi connectivity index (χ3v) is 5.63. The van der Waals surface area contributed by atoms with Crippen molar-refractivity contribution in [3.63, 3.8) is 0 Å². The van der Waals surface area contributed by atoms with Crippen molar-refractivity contribution in [1.82, 2.24) is 9.80 Å². The topological polar surface area (TPSA) is 51.2 Å². The Balaban J connectivity index is 1.43. The lowest BCUT2D eigenvalue weighted by Crippen LogP contribution is -2.44. The van der Waals surface area contributed by atoms with Gasteiger partial charge in [-0.25, -0.2) is 0 Å². The number of morpholine rings is 1. The van der Waals surface area contributed by atoms with Gasteiger partial charge in [-0.15, -0.1) is 0 Å². The van der Waals surface area contributed by atoms with Gasteiger partial charge < -0.3 is 19.1 Å². The molecule has 27 heavy (non-hydrogen) atoms. The van der Waals surface area contributed by atoms with Crippen LogP contribution in [0.3, 0.4) is 0 Å². The van der Waals surface area contributed by atoms with Gasteiger partial charge in [-0.3, -0.25) is 9.69 Å². The maximum absolute atomic E-state index is 12.6. The molecule has 150 valence electrons. The van der Waals surface area contributed by atoms with Gasteiger partial charge in [0, 0.05) is 45.2 Å². The van der Waals surface area contributed by atoms with E-state index in [0.717, 1.165) is 75.8 Å². The van der Waals surface area contributed by atoms with Crippen LogP contribution in [0.4, 0.5) is 0 Å². The Morgan fingerprint density at radius 3 is 2.26 bits per heavy atom. The molecule has 1 aromatic carbocycles. The second kappa shape index (κ2) is 9.95. The van der Waals surface area contributed by atoms with Crippen LogP contribution in [0.25, 0.3) is 0 Å². The maximum Gasteiger partial charge on any atom is 0.222 e. The number of nitrogens with zero attached hydrogens (tertiary/aromatic N) is 2. The zero-order valence-electron chi connectivity index (χ0n) is 16.6. The number of hydrogen-bond donors (Lipinski definition) is 0. The summed E-state index contributed by atoms with van der Waals surface area (Å²) >= 11 is 0. The summed E-state index contributed by atoms with van der Waals surface area (Å²) in [5, 5.41) is 0. The fourth-order valence-electron chi connectivity index (χ4n) is 3.93. The smallest absolute Gasteiger partial charge is 0.222 e. The molecule has 2 aliphatic heterocycles. The highest BCUT2D eigenvalue weighted by Crippen LogP contribution is 2.24. The Kier molecular flexibility index (Phi) is 7.35. The quantitative estimate of drug-likeness (QED) is 0.730. The van der Waals surface area contributed by atoms with E-state index < -0.39 is 0 Å². The zero-order valence-corrected chi connectivity index (χ0v) is 16.6. The largest absolute Gasteiger partial charge is 0.497 e. The van der Waals surface area contributed by atoms with Crippen molar-refractivity contribution in [3.8, 4) is 11.5 Å². The van der Waals surface area contributed by atoms with Crippen LogP contribution < -0.4 is 9.47 Å². The van der Waals surface area contributed by atoms with Crippen molar-refractivity contribution < 1.29 is 19.0 Å². The molecule has 6 nitrogen and oxygen atoms in total. The van der Waals surface area contributed by atoms with Crippen molar-refractivity contribution >= 4 is 5.91 Å². The normalized spacial score (nSPS) is 19.1. The molecule has 6 heteroatoms. The zero-order chi connectivity index (χ0) is 19.1. The molecule has 2 aliphatic rings. The molecule has 0 saturated carbocycles. The van der Waals surface area contributed by atoms with E-state index in [0.29, 0.717) is 18.8 Å². The predicted octanol–water partition coefficient (Wildman–Crippen LogP) is 2.21. The molecule has 3 rings (SSSR count). The SMILES string of the molecule is COc1cc(CCC(=O)N2CCC(CN3CCOCC3)CC2)cc(OC)c1. The van der Waals surface area contributed by atoms with Gasteiger partial charge in [-0.05, 0) is 42.9 Å². The van der Waals surface area contributed by atoms with Crippen LogP contribution in [0.2, 0.25) is 0 Å². The summed E-state index contributed by atoms with van der Waals surface area (Å²) in [6.45, 7) is 6.71. The van der Waals surface area contributed by atoms with E-state index in [1.807, 2.05) is 23.1 Å². The fraction of sp³-hybridized carbons (Fsp3) is 0.667. The predicted molar refractivity (Wildman–Crippen MR) is 104 cm³/mol. The van der Waals surface area contributed by atoms with Gasteiger partial charge in [0.2, 0.25) is 5.91 Å². The van der Waals surface area contributed by atoms with E-state index >= 15 is 0 Å². The highest BCUT2D eigenvalue weighted by atomic mass is 16.5. The molecule has 0 unspecified atom stereocenters. The second-order valence-corrected chi connectivity index (χ2v) is 7.46. The molecule has 2 heterocycles. The van der Waals surface area contributed by atoms with Crippen molar-refractivity contribution in [3.05, 3.63) is 23.8 Å². The summed E-state index contributed by atoms with van der Waals surface area (Å²) in [6, 6.07) is 5.80. The van der Waals surface area contributed by atoms with Gasteiger partial charge in [0.15, 0.2) is 0 Å². The first-order valence-corrected chi connectivity index (χ1v) is 9.97. The minimum atomic E-state index is 0.251. The summed E-state index contributed by atoms with van der Waals surface area (Å²) in [7, 11) is 3.29. The molecule has 0 aliphatic carbocycles. The van der Waals surface area contributed by atoms with Crippen LogP contribution in [0.15, 0.2) is 18.2 Å². The number of methoxy groups -OCH3 is 2. The van der Waals surface area contributed by atoms with Crippen LogP contribution >= 0.6 is 0 Å². The monoisotopic (exact) mass is 376 g/mol. The molecule has 0 aromatic heterocycles. The molecular weight excluding hydrogens is 344 g/mol. The van der Waals surface area contributed by atoms with Crippen LogP contribution in [0, 0.1) is 5.92 Å². The van der Waals surface area contributed by atoms with E-state index in [-0.39, 0.29) is 5.91 Å². The van der Waals surface area contributed by atoms with Crippen LogP contribution in [0.1, 0.15) is 24.8 Å². The minimum absolute atomic E-state index is 0.251. The van der Waals surface area contributed by atoms with Gasteiger partial charge in [0.25, 0.3) is 0 Å². The molecule has 0 bridgehead atoms. The number of piperidine rings is 1. The number of rotatable bonds is 7. The summed E-state index contributed by atoms with van der Waals surface area (Å²) in [5.74, 6) is 2.48. The minimum Gasteiger partial charge on any atom is -0.497 e. The Bertz CT molecular complexity index is 586. The van der Waals surface area contributed by atoms with Crippen molar-refractivity contribution in [2.24, 2.45) is 5.92 Å². The van der Waals surface area contributed by atoms with E-state index in [1.54, 1.807) is 14.2 Å². The summed E-state index contributed by atoms with van der Waals surface area (Å²) < 4.78 is 16.0. The Morgan fingerprint density at radius 2 is 1.67 bits per heavy atom. The highest BCUT2D eigenvalue weighted by molar-refractivity contribution is 5.76. The number of amides is 1. The average molecular weight is 376 g/mol. The number of aryl methyl sites for hydroxylation is 1. The first kappa shape index (κ1) is 20.0. The lowest BCUT2D eigenvalue weighted by Gasteiger charge is -2.36. The van der Waals surface area contributed by atoms with Crippen LogP contribution in [-0.2, 0) is 16.0 Å². The first-order valence-electron chi connectivity index (χ1n) is 9.97. The summed E-state index contributed by atoms with van der Waals surface area (Å²) in [6.07, 6.45) is 3.46. The molecule has 0 spiro atoms. The van der Waals surface area contributed by atoms with E-state index in [9.17, 15) is 4.79 Å². The summed E-state index contributed by atoms with van der Waals surface area (Å²) in [4.78, 5) is 17.2. The molecule has 0 radical (unpaired) electrons. The number of hydrogen-bond acceptors (Lipinski definition) is 5. The second-order valence-electron chi connectivity index (χ2n) is 7.46. The Hall–Kier alpha value is -1.79. The van der Waals surface area contributed by atoms with Crippen molar-refractivity contribution in [2.75, 3.05) is 60.2 Å². The molecule has 2 saturated heterocycles. The number of carbonyl (C=O) groups is 1. The molecule has 2 fully saturated rings. The fourth-order valence-corrected chi connectivity index (χ4v) is 3.93. The lowest BCUT2D eigenvalue weighted by molar-refractivity contribution is -0.132. The third-order valence-electron chi connectivity index (χ3n) is 5.63. The molecule has 1 aromatic rings. The summed E-state index contributed by atoms with van der Waals surface area (Å²) in [5.41, 5.74) is 1.07. The maximum atomic E-state index is 12.6. The first-order chi connectivity index (χ1) is 13.2. The third kappa shape index (κ3) is 5.84. The number of ether oxygens (including phenoxy) is 3. The Labute approximate surface area is 162 Å². The number of carbonyl (C=O) groups excluding carboxylic acids is 1. The van der Waals surface area contributed by atoms with Gasteiger partial charge >= 0.3 is 0 Å². The van der Waals surface area contributed by atoms with Gasteiger partial charge in [0.1, 0.15) is 11.5 Å². The van der Waals surface area contributed by atoms with Crippen LogP contribution in [0.5, 0.6) is 11.5 Å². The highest BCUT2D eigenvalue weighted by Gasteiger charge is 2.24. The van der Waals surface area contributed by atoms with Gasteiger partial charge in [-0.1, -0.05) is 0 Å². The molecule has 0 N–H and O–H groups in total. The molecular formula is C21H32N2O4. The number of likely N-dealkylation sites (tertiary alicyclic amines) is 1. The van der Waals surface area contributed by atoms with Gasteiger partial charge in [-0.2, -0.15) is 0 Å². The molecule has 1 amide bonds. The van der Waals surface area contributed by atoms with Crippen molar-refractivity contribution in [2.45, 2.75) is 25.7 Å². The van der Waals surface area contributed by atoms with Crippen LogP contribution in [-0.4, -0.2) is 75.9 Å². The Morgan fingerprint density at radius 1 is 1.04 bits per heavy atom. The van der Waals surface area contributed by atoms with E-state index in [2.05, 4.69) is 4.90 Å². The number of benzene rings is 1. The van der Waals surface area contributed by atoms with Crippen molar-refractivity contribution in [1.29, 1.82) is 0 Å².